The number of fused-ring (bicyclic) bond motifs is 1. The van der Waals surface area contributed by atoms with E-state index in [4.69, 9.17) is 9.72 Å². The summed E-state index contributed by atoms with van der Waals surface area (Å²) in [5.74, 6) is 0.763. The van der Waals surface area contributed by atoms with E-state index in [1.807, 2.05) is 18.6 Å². The van der Waals surface area contributed by atoms with Crippen molar-refractivity contribution in [2.75, 3.05) is 38.2 Å². The molecule has 2 aliphatic rings. The van der Waals surface area contributed by atoms with E-state index >= 15 is 0 Å². The van der Waals surface area contributed by atoms with Crippen molar-refractivity contribution in [3.05, 3.63) is 42.2 Å². The summed E-state index contributed by atoms with van der Waals surface area (Å²) >= 11 is 0. The normalized spacial score (nSPS) is 17.4. The molecule has 1 amide bonds. The molecule has 0 aromatic carbocycles. The first-order chi connectivity index (χ1) is 16.5. The Labute approximate surface area is 199 Å². The summed E-state index contributed by atoms with van der Waals surface area (Å²) in [7, 11) is 1.77. The summed E-state index contributed by atoms with van der Waals surface area (Å²) in [6.45, 7) is 7.63. The first-order valence-electron chi connectivity index (χ1n) is 12.0. The van der Waals surface area contributed by atoms with Gasteiger partial charge in [-0.05, 0) is 32.8 Å². The Morgan fingerprint density at radius 1 is 1.26 bits per heavy atom. The number of amides is 1. The number of carbonyl (C=O) groups is 1. The van der Waals surface area contributed by atoms with E-state index in [2.05, 4.69) is 50.0 Å². The molecule has 0 saturated carbocycles. The van der Waals surface area contributed by atoms with Gasteiger partial charge in [-0.25, -0.2) is 19.3 Å². The smallest absolute Gasteiger partial charge is 0.381 e. The predicted octanol–water partition coefficient (Wildman–Crippen LogP) is 1.43. The lowest BCUT2D eigenvalue weighted by Gasteiger charge is -2.31. The minimum Gasteiger partial charge on any atom is -0.381 e. The highest BCUT2D eigenvalue weighted by Crippen LogP contribution is 2.19. The Hall–Kier alpha value is -3.11. The van der Waals surface area contributed by atoms with Crippen LogP contribution in [0.1, 0.15) is 44.1 Å². The number of methoxy groups -OCH3 is 1. The number of aromatic nitrogens is 5. The summed E-state index contributed by atoms with van der Waals surface area (Å²) in [6.07, 6.45) is 8.38. The second-order valence-corrected chi connectivity index (χ2v) is 9.40. The number of rotatable bonds is 6. The lowest BCUT2D eigenvalue weighted by molar-refractivity contribution is -0.691. The zero-order valence-electron chi connectivity index (χ0n) is 20.1. The van der Waals surface area contributed by atoms with Crippen LogP contribution < -0.4 is 20.1 Å². The summed E-state index contributed by atoms with van der Waals surface area (Å²) in [4.78, 5) is 29.1. The molecular weight excluding hydrogens is 432 g/mol. The Morgan fingerprint density at radius 2 is 2.06 bits per heavy atom. The number of ether oxygens (including phenoxy) is 1. The summed E-state index contributed by atoms with van der Waals surface area (Å²) in [5, 5.41) is 6.24. The van der Waals surface area contributed by atoms with E-state index in [1.165, 1.54) is 0 Å². The van der Waals surface area contributed by atoms with Gasteiger partial charge in [0.05, 0.1) is 35.8 Å². The van der Waals surface area contributed by atoms with E-state index < -0.39 is 0 Å². The molecule has 2 N–H and O–H groups in total. The third kappa shape index (κ3) is 4.60. The molecule has 34 heavy (non-hydrogen) atoms. The van der Waals surface area contributed by atoms with Crippen LogP contribution in [-0.4, -0.2) is 71.0 Å². The first kappa shape index (κ1) is 22.7. The number of carbonyl (C=O) groups excluding carboxylic acids is 1. The molecule has 0 atom stereocenters. The molecule has 180 valence electrons. The highest BCUT2D eigenvalue weighted by Gasteiger charge is 2.27. The molecule has 3 aromatic rings. The van der Waals surface area contributed by atoms with Crippen LogP contribution in [0, 0.1) is 0 Å². The maximum absolute atomic E-state index is 12.9. The maximum atomic E-state index is 12.9. The van der Waals surface area contributed by atoms with Crippen molar-refractivity contribution in [1.29, 1.82) is 0 Å². The third-order valence-electron chi connectivity index (χ3n) is 6.70. The highest BCUT2D eigenvalue weighted by atomic mass is 16.5. The number of hydrogen-bond donors (Lipinski definition) is 2. The molecule has 3 aromatic heterocycles. The number of piperidine rings is 1. The van der Waals surface area contributed by atoms with Gasteiger partial charge in [0.2, 0.25) is 11.5 Å². The lowest BCUT2D eigenvalue weighted by Crippen LogP contribution is -2.57. The molecule has 0 radical (unpaired) electrons. The van der Waals surface area contributed by atoms with Gasteiger partial charge in [-0.3, -0.25) is 4.98 Å². The van der Waals surface area contributed by atoms with Crippen LogP contribution in [0.15, 0.2) is 30.9 Å². The van der Waals surface area contributed by atoms with E-state index in [9.17, 15) is 4.79 Å². The SMILES string of the molecule is COC1CCN(c2nccc(Cc3cc4c(cn3)n(C(=O)NC3CNC3)c[n+]4C(C)C)n2)CC1. The van der Waals surface area contributed by atoms with Crippen molar-refractivity contribution in [1.82, 2.24) is 30.2 Å². The monoisotopic (exact) mass is 465 g/mol. The van der Waals surface area contributed by atoms with Crippen molar-refractivity contribution in [3.63, 3.8) is 0 Å². The van der Waals surface area contributed by atoms with Gasteiger partial charge in [-0.1, -0.05) is 0 Å². The molecule has 0 spiro atoms. The van der Waals surface area contributed by atoms with E-state index in [0.717, 1.165) is 67.4 Å². The first-order valence-corrected chi connectivity index (χ1v) is 12.0. The van der Waals surface area contributed by atoms with Gasteiger partial charge in [0.1, 0.15) is 0 Å². The Morgan fingerprint density at radius 3 is 2.74 bits per heavy atom. The zero-order chi connectivity index (χ0) is 23.7. The fourth-order valence-electron chi connectivity index (χ4n) is 4.54. The van der Waals surface area contributed by atoms with Crippen LogP contribution in [0.5, 0.6) is 0 Å². The molecule has 0 bridgehead atoms. The highest BCUT2D eigenvalue weighted by molar-refractivity contribution is 5.87. The van der Waals surface area contributed by atoms with Crippen molar-refractivity contribution in [2.45, 2.75) is 51.3 Å². The maximum Gasteiger partial charge on any atom is 0.414 e. The molecule has 5 heterocycles. The van der Waals surface area contributed by atoms with E-state index in [0.29, 0.717) is 12.5 Å². The zero-order valence-corrected chi connectivity index (χ0v) is 20.1. The summed E-state index contributed by atoms with van der Waals surface area (Å²) in [5.41, 5.74) is 3.62. The fraction of sp³-hybridized carbons (Fsp3) is 0.542. The van der Waals surface area contributed by atoms with Gasteiger partial charge in [0, 0.05) is 52.0 Å². The lowest BCUT2D eigenvalue weighted by atomic mass is 10.1. The second kappa shape index (κ2) is 9.63. The van der Waals surface area contributed by atoms with Gasteiger partial charge in [0.15, 0.2) is 5.52 Å². The van der Waals surface area contributed by atoms with Crippen LogP contribution in [0.3, 0.4) is 0 Å². The van der Waals surface area contributed by atoms with Crippen LogP contribution >= 0.6 is 0 Å². The minimum atomic E-state index is -0.122. The average molecular weight is 466 g/mol. The molecular formula is C24H33N8O2+. The predicted molar refractivity (Wildman–Crippen MR) is 128 cm³/mol. The van der Waals surface area contributed by atoms with Gasteiger partial charge in [0.25, 0.3) is 6.33 Å². The Balaban J connectivity index is 1.37. The molecule has 0 unspecified atom stereocenters. The minimum absolute atomic E-state index is 0.122. The largest absolute Gasteiger partial charge is 0.414 e. The third-order valence-corrected chi connectivity index (χ3v) is 6.70. The number of nitrogens with one attached hydrogen (secondary N) is 2. The average Bonchev–Trinajstić information content (AvgIpc) is 3.21. The summed E-state index contributed by atoms with van der Waals surface area (Å²) < 4.78 is 9.26. The van der Waals surface area contributed by atoms with Crippen molar-refractivity contribution >= 4 is 23.0 Å². The molecule has 2 saturated heterocycles. The number of anilines is 1. The van der Waals surface area contributed by atoms with Crippen molar-refractivity contribution < 1.29 is 14.1 Å². The summed E-state index contributed by atoms with van der Waals surface area (Å²) in [6, 6.07) is 4.27. The van der Waals surface area contributed by atoms with Crippen molar-refractivity contribution in [3.8, 4) is 0 Å². The van der Waals surface area contributed by atoms with E-state index in [-0.39, 0.29) is 18.1 Å². The quantitative estimate of drug-likeness (QED) is 0.531. The van der Waals surface area contributed by atoms with Gasteiger partial charge in [-0.15, -0.1) is 4.57 Å². The van der Waals surface area contributed by atoms with Crippen LogP contribution in [0.2, 0.25) is 0 Å². The molecule has 0 aliphatic carbocycles. The molecule has 2 fully saturated rings. The van der Waals surface area contributed by atoms with Crippen molar-refractivity contribution in [2.24, 2.45) is 0 Å². The number of hydrogen-bond acceptors (Lipinski definition) is 7. The molecule has 5 rings (SSSR count). The second-order valence-electron chi connectivity index (χ2n) is 9.40. The molecule has 10 nitrogen and oxygen atoms in total. The Kier molecular flexibility index (Phi) is 6.42. The number of nitrogens with zero attached hydrogens (tertiary/aromatic N) is 6. The van der Waals surface area contributed by atoms with Gasteiger partial charge < -0.3 is 20.3 Å². The fourth-order valence-corrected chi connectivity index (χ4v) is 4.54. The number of pyridine rings is 1. The van der Waals surface area contributed by atoms with Gasteiger partial charge >= 0.3 is 6.03 Å². The topological polar surface area (TPSA) is 101 Å². The van der Waals surface area contributed by atoms with Crippen LogP contribution in [-0.2, 0) is 11.2 Å². The molecule has 2 aliphatic heterocycles. The Bertz CT molecular complexity index is 1160. The van der Waals surface area contributed by atoms with Crippen LogP contribution in [0.25, 0.3) is 11.0 Å². The number of imidazole rings is 1. The van der Waals surface area contributed by atoms with Crippen LogP contribution in [0.4, 0.5) is 10.7 Å². The van der Waals surface area contributed by atoms with E-state index in [1.54, 1.807) is 17.9 Å². The molecule has 10 heteroatoms. The standard InChI is InChI=1S/C24H32N8O2/c1-16(2)31-15-32(24(33)29-19-12-25-13-19)22-14-27-18(11-21(22)31)10-17-4-7-26-23(28-17)30-8-5-20(34-3)6-9-30/h4,7,11,14-16,19-20,25H,5-6,8-10,12-13H2,1-3H3/p+1. The van der Waals surface area contributed by atoms with Gasteiger partial charge in [-0.2, -0.15) is 0 Å².